The molecule has 3 nitrogen and oxygen atoms in total. The summed E-state index contributed by atoms with van der Waals surface area (Å²) in [4.78, 5) is 11.9. The largest absolute Gasteiger partial charge is 0.494 e. The lowest BCUT2D eigenvalue weighted by atomic mass is 10.2. The second-order valence-corrected chi connectivity index (χ2v) is 6.19. The fourth-order valence-electron chi connectivity index (χ4n) is 2.19. The number of anilines is 1. The number of alkyl halides is 3. The van der Waals surface area contributed by atoms with Gasteiger partial charge in [0.2, 0.25) is 5.91 Å². The second-order valence-electron chi connectivity index (χ2n) is 5.79. The Morgan fingerprint density at radius 2 is 1.89 bits per heavy atom. The average Bonchev–Trinajstić information content (AvgIpc) is 2.62. The Hall–Kier alpha value is -2.47. The molecular weight excluding hydrogens is 379 g/mol. The van der Waals surface area contributed by atoms with Crippen molar-refractivity contribution in [2.45, 2.75) is 25.9 Å². The summed E-state index contributed by atoms with van der Waals surface area (Å²) >= 11 is 5.55. The van der Waals surface area contributed by atoms with Crippen LogP contribution in [0.15, 0.2) is 48.5 Å². The third-order valence-corrected chi connectivity index (χ3v) is 3.94. The Balaban J connectivity index is 1.97. The van der Waals surface area contributed by atoms with Gasteiger partial charge in [-0.2, -0.15) is 13.2 Å². The normalized spacial score (nSPS) is 11.6. The van der Waals surface area contributed by atoms with E-state index in [0.717, 1.165) is 36.3 Å². The highest BCUT2D eigenvalue weighted by Crippen LogP contribution is 2.36. The van der Waals surface area contributed by atoms with Gasteiger partial charge in [0, 0.05) is 11.8 Å². The number of benzene rings is 2. The van der Waals surface area contributed by atoms with Crippen molar-refractivity contribution < 1.29 is 22.7 Å². The van der Waals surface area contributed by atoms with Crippen molar-refractivity contribution in [1.29, 1.82) is 0 Å². The maximum absolute atomic E-state index is 12.8. The van der Waals surface area contributed by atoms with E-state index in [4.69, 9.17) is 16.3 Å². The third kappa shape index (κ3) is 6.64. The molecule has 0 heterocycles. The van der Waals surface area contributed by atoms with Crippen LogP contribution in [-0.2, 0) is 11.0 Å². The van der Waals surface area contributed by atoms with Crippen LogP contribution in [0.4, 0.5) is 18.9 Å². The van der Waals surface area contributed by atoms with E-state index in [1.54, 1.807) is 30.3 Å². The fourth-order valence-corrected chi connectivity index (χ4v) is 2.41. The maximum atomic E-state index is 12.8. The molecule has 0 aliphatic rings. The van der Waals surface area contributed by atoms with Gasteiger partial charge in [-0.3, -0.25) is 4.79 Å². The predicted molar refractivity (Wildman–Crippen MR) is 101 cm³/mol. The van der Waals surface area contributed by atoms with E-state index in [-0.39, 0.29) is 5.69 Å². The van der Waals surface area contributed by atoms with Gasteiger partial charge in [0.05, 0.1) is 17.2 Å². The minimum atomic E-state index is -4.59. The number of halogens is 4. The molecule has 2 rings (SSSR count). The summed E-state index contributed by atoms with van der Waals surface area (Å²) in [5.74, 6) is 0.194. The first kappa shape index (κ1) is 20.8. The lowest BCUT2D eigenvalue weighted by molar-refractivity contribution is -0.137. The second kappa shape index (κ2) is 9.46. The molecule has 0 saturated carbocycles. The highest BCUT2D eigenvalue weighted by molar-refractivity contribution is 6.31. The van der Waals surface area contributed by atoms with Crippen molar-refractivity contribution in [2.75, 3.05) is 11.9 Å². The van der Waals surface area contributed by atoms with Gasteiger partial charge < -0.3 is 10.1 Å². The third-order valence-electron chi connectivity index (χ3n) is 3.61. The standard InChI is InChI=1S/C20H19ClF3NO2/c1-2-3-12-27-16-8-4-14(5-9-16)6-11-19(26)25-15-7-10-18(21)17(13-15)20(22,23)24/h4-11,13H,2-3,12H2,1H3,(H,25,26)/b11-6+. The van der Waals surface area contributed by atoms with Gasteiger partial charge in [-0.15, -0.1) is 0 Å². The Bertz CT molecular complexity index is 802. The van der Waals surface area contributed by atoms with Crippen LogP contribution in [0.25, 0.3) is 6.08 Å². The van der Waals surface area contributed by atoms with Crippen LogP contribution < -0.4 is 10.1 Å². The SMILES string of the molecule is CCCCOc1ccc(/C=C/C(=O)Nc2ccc(Cl)c(C(F)(F)F)c2)cc1. The van der Waals surface area contributed by atoms with E-state index in [1.165, 1.54) is 12.1 Å². The Morgan fingerprint density at radius 1 is 1.19 bits per heavy atom. The summed E-state index contributed by atoms with van der Waals surface area (Å²) in [5.41, 5.74) is -0.217. The van der Waals surface area contributed by atoms with Crippen molar-refractivity contribution in [2.24, 2.45) is 0 Å². The highest BCUT2D eigenvalue weighted by atomic mass is 35.5. The topological polar surface area (TPSA) is 38.3 Å². The first-order chi connectivity index (χ1) is 12.8. The van der Waals surface area contributed by atoms with Gasteiger partial charge in [-0.25, -0.2) is 0 Å². The molecule has 0 atom stereocenters. The van der Waals surface area contributed by atoms with Gasteiger partial charge in [0.1, 0.15) is 5.75 Å². The van der Waals surface area contributed by atoms with Crippen LogP contribution in [0.3, 0.4) is 0 Å². The lowest BCUT2D eigenvalue weighted by Crippen LogP contribution is -2.11. The van der Waals surface area contributed by atoms with Crippen molar-refractivity contribution in [1.82, 2.24) is 0 Å². The first-order valence-corrected chi connectivity index (χ1v) is 8.76. The van der Waals surface area contributed by atoms with E-state index in [9.17, 15) is 18.0 Å². The lowest BCUT2D eigenvalue weighted by Gasteiger charge is -2.11. The zero-order valence-electron chi connectivity index (χ0n) is 14.6. The monoisotopic (exact) mass is 397 g/mol. The molecule has 0 bridgehead atoms. The molecule has 7 heteroatoms. The number of carbonyl (C=O) groups excluding carboxylic acids is 1. The summed E-state index contributed by atoms with van der Waals surface area (Å²) in [7, 11) is 0. The van der Waals surface area contributed by atoms with Crippen LogP contribution in [0.5, 0.6) is 5.75 Å². The van der Waals surface area contributed by atoms with Crippen LogP contribution in [0.2, 0.25) is 5.02 Å². The van der Waals surface area contributed by atoms with Gasteiger partial charge in [-0.1, -0.05) is 37.1 Å². The van der Waals surface area contributed by atoms with Crippen molar-refractivity contribution in [3.05, 3.63) is 64.7 Å². The molecule has 2 aromatic carbocycles. The molecule has 2 aromatic rings. The van der Waals surface area contributed by atoms with E-state index in [0.29, 0.717) is 6.61 Å². The van der Waals surface area contributed by atoms with E-state index in [2.05, 4.69) is 12.2 Å². The first-order valence-electron chi connectivity index (χ1n) is 8.38. The van der Waals surface area contributed by atoms with Crippen molar-refractivity contribution in [3.63, 3.8) is 0 Å². The molecule has 1 N–H and O–H groups in total. The molecule has 0 aliphatic heterocycles. The Morgan fingerprint density at radius 3 is 2.52 bits per heavy atom. The number of amides is 1. The molecule has 0 unspecified atom stereocenters. The maximum Gasteiger partial charge on any atom is 0.417 e. The molecule has 144 valence electrons. The van der Waals surface area contributed by atoms with Gasteiger partial charge in [0.15, 0.2) is 0 Å². The number of hydrogen-bond acceptors (Lipinski definition) is 2. The summed E-state index contributed by atoms with van der Waals surface area (Å²) in [6.07, 6.45) is 0.242. The van der Waals surface area contributed by atoms with Crippen LogP contribution in [-0.4, -0.2) is 12.5 Å². The van der Waals surface area contributed by atoms with Gasteiger partial charge >= 0.3 is 6.18 Å². The molecule has 0 fully saturated rings. The Kier molecular flexibility index (Phi) is 7.30. The van der Waals surface area contributed by atoms with Crippen LogP contribution >= 0.6 is 11.6 Å². The quantitative estimate of drug-likeness (QED) is 0.447. The number of ether oxygens (including phenoxy) is 1. The fraction of sp³-hybridized carbons (Fsp3) is 0.250. The number of hydrogen-bond donors (Lipinski definition) is 1. The molecule has 0 aliphatic carbocycles. The summed E-state index contributed by atoms with van der Waals surface area (Å²) in [5, 5.41) is 1.97. The molecule has 1 amide bonds. The Labute approximate surface area is 160 Å². The minimum Gasteiger partial charge on any atom is -0.494 e. The zero-order chi connectivity index (χ0) is 19.9. The number of nitrogens with one attached hydrogen (secondary N) is 1. The summed E-state index contributed by atoms with van der Waals surface area (Å²) in [6.45, 7) is 2.73. The van der Waals surface area contributed by atoms with Crippen molar-refractivity contribution in [3.8, 4) is 5.75 Å². The summed E-state index contributed by atoms with van der Waals surface area (Å²) < 4.78 is 44.1. The zero-order valence-corrected chi connectivity index (χ0v) is 15.4. The van der Waals surface area contributed by atoms with Crippen molar-refractivity contribution >= 4 is 29.3 Å². The minimum absolute atomic E-state index is 0.0149. The van der Waals surface area contributed by atoms with Crippen LogP contribution in [0.1, 0.15) is 30.9 Å². The number of unbranched alkanes of at least 4 members (excludes halogenated alkanes) is 1. The predicted octanol–water partition coefficient (Wildman–Crippen LogP) is 6.19. The summed E-state index contributed by atoms with van der Waals surface area (Å²) in [6, 6.07) is 10.4. The molecule has 0 aromatic heterocycles. The molecule has 0 saturated heterocycles. The van der Waals surface area contributed by atoms with E-state index < -0.39 is 22.7 Å². The van der Waals surface area contributed by atoms with E-state index in [1.807, 2.05) is 0 Å². The average molecular weight is 398 g/mol. The number of rotatable bonds is 7. The molecular formula is C20H19ClF3NO2. The smallest absolute Gasteiger partial charge is 0.417 e. The van der Waals surface area contributed by atoms with Crippen LogP contribution in [0, 0.1) is 0 Å². The number of carbonyl (C=O) groups is 1. The molecule has 0 spiro atoms. The van der Waals surface area contributed by atoms with Gasteiger partial charge in [0.25, 0.3) is 0 Å². The van der Waals surface area contributed by atoms with Gasteiger partial charge in [-0.05, 0) is 48.4 Å². The molecule has 27 heavy (non-hydrogen) atoms. The molecule has 0 radical (unpaired) electrons. The highest BCUT2D eigenvalue weighted by Gasteiger charge is 2.33. The van der Waals surface area contributed by atoms with E-state index >= 15 is 0 Å².